The van der Waals surface area contributed by atoms with Crippen LogP contribution in [0, 0.1) is 10.1 Å². The van der Waals surface area contributed by atoms with Crippen molar-refractivity contribution >= 4 is 5.69 Å². The van der Waals surface area contributed by atoms with Gasteiger partial charge < -0.3 is 9.84 Å². The predicted molar refractivity (Wildman–Crippen MR) is 60.8 cm³/mol. The Kier molecular flexibility index (Phi) is 4.59. The zero-order valence-corrected chi connectivity index (χ0v) is 10.2. The number of methoxy groups -OCH3 is 1. The summed E-state index contributed by atoms with van der Waals surface area (Å²) >= 11 is 0. The maximum Gasteiger partial charge on any atom is 0.313 e. The Labute approximate surface area is 99.2 Å². The average molecular weight is 243 g/mol. The van der Waals surface area contributed by atoms with E-state index in [1.807, 2.05) is 6.92 Å². The highest BCUT2D eigenvalue weighted by Gasteiger charge is 2.26. The summed E-state index contributed by atoms with van der Waals surface area (Å²) in [6.45, 7) is 1.95. The van der Waals surface area contributed by atoms with Gasteiger partial charge in [-0.15, -0.1) is 0 Å². The molecule has 1 atom stereocenters. The number of ether oxygens (including phenoxy) is 1. The molecule has 7 heteroatoms. The molecule has 0 aromatic carbocycles. The van der Waals surface area contributed by atoms with E-state index in [1.54, 1.807) is 7.05 Å². The van der Waals surface area contributed by atoms with Gasteiger partial charge in [0.25, 0.3) is 0 Å². The number of hydrogen-bond acceptors (Lipinski definition) is 5. The molecule has 1 unspecified atom stereocenters. The van der Waals surface area contributed by atoms with Crippen molar-refractivity contribution in [1.29, 1.82) is 0 Å². The maximum atomic E-state index is 11.0. The summed E-state index contributed by atoms with van der Waals surface area (Å²) in [5.41, 5.74) is 0.874. The second kappa shape index (κ2) is 5.74. The number of aliphatic hydroxyl groups excluding tert-OH is 1. The number of aromatic nitrogens is 2. The van der Waals surface area contributed by atoms with Crippen LogP contribution < -0.4 is 0 Å². The van der Waals surface area contributed by atoms with Gasteiger partial charge in [0, 0.05) is 20.6 Å². The fraction of sp³-hybridized carbons (Fsp3) is 0.700. The molecular weight excluding hydrogens is 226 g/mol. The first-order valence-electron chi connectivity index (χ1n) is 5.37. The van der Waals surface area contributed by atoms with Gasteiger partial charge in [-0.05, 0) is 6.42 Å². The lowest BCUT2D eigenvalue weighted by molar-refractivity contribution is -0.386. The first-order chi connectivity index (χ1) is 8.01. The normalized spacial score (nSPS) is 12.7. The second-order valence-corrected chi connectivity index (χ2v) is 3.79. The van der Waals surface area contributed by atoms with Gasteiger partial charge in [-0.2, -0.15) is 5.10 Å². The van der Waals surface area contributed by atoms with Gasteiger partial charge in [-0.3, -0.25) is 14.8 Å². The van der Waals surface area contributed by atoms with E-state index in [0.29, 0.717) is 17.8 Å². The quantitative estimate of drug-likeness (QED) is 0.578. The summed E-state index contributed by atoms with van der Waals surface area (Å²) in [5.74, 6) is 0. The van der Waals surface area contributed by atoms with Crippen LogP contribution in [-0.4, -0.2) is 39.6 Å². The summed E-state index contributed by atoms with van der Waals surface area (Å²) in [4.78, 5) is 10.5. The third-order valence-electron chi connectivity index (χ3n) is 2.51. The average Bonchev–Trinajstić information content (AvgIpc) is 2.56. The monoisotopic (exact) mass is 243 g/mol. The van der Waals surface area contributed by atoms with Crippen molar-refractivity contribution in [2.75, 3.05) is 13.7 Å². The molecule has 0 aliphatic rings. The lowest BCUT2D eigenvalue weighted by Gasteiger charge is -2.08. The van der Waals surface area contributed by atoms with Crippen molar-refractivity contribution in [3.63, 3.8) is 0 Å². The highest BCUT2D eigenvalue weighted by Crippen LogP contribution is 2.24. The first-order valence-corrected chi connectivity index (χ1v) is 5.37. The minimum Gasteiger partial charge on any atom is -0.390 e. The van der Waals surface area contributed by atoms with Crippen LogP contribution in [0.3, 0.4) is 0 Å². The van der Waals surface area contributed by atoms with E-state index in [0.717, 1.165) is 0 Å². The van der Waals surface area contributed by atoms with Crippen molar-refractivity contribution in [2.45, 2.75) is 25.9 Å². The second-order valence-electron chi connectivity index (χ2n) is 3.79. The van der Waals surface area contributed by atoms with E-state index >= 15 is 0 Å². The largest absolute Gasteiger partial charge is 0.390 e. The van der Waals surface area contributed by atoms with Gasteiger partial charge in [-0.25, -0.2) is 0 Å². The maximum absolute atomic E-state index is 11.0. The highest BCUT2D eigenvalue weighted by molar-refractivity contribution is 5.41. The molecule has 1 heterocycles. The molecule has 1 aromatic rings. The Morgan fingerprint density at radius 3 is 2.76 bits per heavy atom. The molecule has 0 fully saturated rings. The fourth-order valence-electron chi connectivity index (χ4n) is 1.76. The molecule has 7 nitrogen and oxygen atoms in total. The molecule has 96 valence electrons. The fourth-order valence-corrected chi connectivity index (χ4v) is 1.76. The van der Waals surface area contributed by atoms with E-state index in [9.17, 15) is 15.2 Å². The molecular formula is C10H17N3O4. The standard InChI is InChI=1S/C10H17N3O4/c1-4-8-10(13(15)16)9(12(2)11-8)5-7(14)6-17-3/h7,14H,4-6H2,1-3H3. The number of rotatable bonds is 6. The SMILES string of the molecule is CCc1nn(C)c(CC(O)COC)c1[N+](=O)[O-]. The molecule has 0 bridgehead atoms. The third-order valence-corrected chi connectivity index (χ3v) is 2.51. The Bertz CT molecular complexity index is 403. The van der Waals surface area contributed by atoms with E-state index in [-0.39, 0.29) is 18.7 Å². The van der Waals surface area contributed by atoms with Crippen molar-refractivity contribution in [1.82, 2.24) is 9.78 Å². The minimum absolute atomic E-state index is 0.00477. The van der Waals surface area contributed by atoms with Gasteiger partial charge in [-0.1, -0.05) is 6.92 Å². The van der Waals surface area contributed by atoms with Crippen LogP contribution in [0.5, 0.6) is 0 Å². The summed E-state index contributed by atoms with van der Waals surface area (Å²) < 4.78 is 6.25. The van der Waals surface area contributed by atoms with Gasteiger partial charge in [0.15, 0.2) is 0 Å². The molecule has 0 amide bonds. The Morgan fingerprint density at radius 2 is 2.29 bits per heavy atom. The third kappa shape index (κ3) is 3.01. The summed E-state index contributed by atoms with van der Waals surface area (Å²) in [6, 6.07) is 0. The Balaban J connectivity index is 3.04. The predicted octanol–water partition coefficient (Wildman–Crippen LogP) is 0.441. The first kappa shape index (κ1) is 13.6. The number of aliphatic hydroxyl groups is 1. The van der Waals surface area contributed by atoms with E-state index in [4.69, 9.17) is 4.74 Å². The molecule has 0 aliphatic carbocycles. The zero-order valence-electron chi connectivity index (χ0n) is 10.2. The van der Waals surface area contributed by atoms with Crippen LogP contribution in [0.1, 0.15) is 18.3 Å². The van der Waals surface area contributed by atoms with Crippen LogP contribution in [-0.2, 0) is 24.6 Å². The molecule has 0 saturated carbocycles. The van der Waals surface area contributed by atoms with Crippen LogP contribution in [0.2, 0.25) is 0 Å². The molecule has 1 N–H and O–H groups in total. The van der Waals surface area contributed by atoms with Crippen LogP contribution in [0.4, 0.5) is 5.69 Å². The summed E-state index contributed by atoms with van der Waals surface area (Å²) in [5, 5.41) is 24.7. The molecule has 0 saturated heterocycles. The van der Waals surface area contributed by atoms with Gasteiger partial charge >= 0.3 is 5.69 Å². The van der Waals surface area contributed by atoms with Crippen molar-refractivity contribution in [2.24, 2.45) is 7.05 Å². The van der Waals surface area contributed by atoms with E-state index in [1.165, 1.54) is 11.8 Å². The van der Waals surface area contributed by atoms with Gasteiger partial charge in [0.05, 0.1) is 17.6 Å². The zero-order chi connectivity index (χ0) is 13.0. The minimum atomic E-state index is -0.765. The van der Waals surface area contributed by atoms with Crippen molar-refractivity contribution in [3.8, 4) is 0 Å². The van der Waals surface area contributed by atoms with Crippen LogP contribution in [0.15, 0.2) is 0 Å². The number of hydrogen-bond donors (Lipinski definition) is 1. The molecule has 0 spiro atoms. The van der Waals surface area contributed by atoms with Gasteiger partial charge in [0.1, 0.15) is 11.4 Å². The molecule has 1 rings (SSSR count). The lowest BCUT2D eigenvalue weighted by atomic mass is 10.1. The molecule has 0 radical (unpaired) electrons. The van der Waals surface area contributed by atoms with E-state index < -0.39 is 11.0 Å². The van der Waals surface area contributed by atoms with Crippen molar-refractivity contribution < 1.29 is 14.8 Å². The summed E-state index contributed by atoms with van der Waals surface area (Å²) in [7, 11) is 3.11. The molecule has 17 heavy (non-hydrogen) atoms. The van der Waals surface area contributed by atoms with Crippen LogP contribution in [0.25, 0.3) is 0 Å². The Morgan fingerprint density at radius 1 is 1.65 bits per heavy atom. The lowest BCUT2D eigenvalue weighted by Crippen LogP contribution is -2.19. The van der Waals surface area contributed by atoms with E-state index in [2.05, 4.69) is 5.10 Å². The number of aryl methyl sites for hydroxylation is 2. The smallest absolute Gasteiger partial charge is 0.313 e. The highest BCUT2D eigenvalue weighted by atomic mass is 16.6. The van der Waals surface area contributed by atoms with Gasteiger partial charge in [0.2, 0.25) is 0 Å². The van der Waals surface area contributed by atoms with Crippen molar-refractivity contribution in [3.05, 3.63) is 21.5 Å². The van der Waals surface area contributed by atoms with Crippen LogP contribution >= 0.6 is 0 Å². The number of nitrogens with zero attached hydrogens (tertiary/aromatic N) is 3. The number of nitro groups is 1. The molecule has 1 aromatic heterocycles. The molecule has 0 aliphatic heterocycles. The Hall–Kier alpha value is -1.47. The summed E-state index contributed by atoms with van der Waals surface area (Å²) in [6.07, 6.45) is -0.114. The topological polar surface area (TPSA) is 90.4 Å².